The Labute approximate surface area is 94.9 Å². The number of hydrogen-bond donors (Lipinski definition) is 1. The van der Waals surface area contributed by atoms with Crippen molar-refractivity contribution < 1.29 is 9.90 Å². The van der Waals surface area contributed by atoms with E-state index in [4.69, 9.17) is 5.11 Å². The third kappa shape index (κ3) is 2.01. The third-order valence-electron chi connectivity index (χ3n) is 3.19. The van der Waals surface area contributed by atoms with E-state index in [-0.39, 0.29) is 5.56 Å². The van der Waals surface area contributed by atoms with Crippen LogP contribution in [-0.2, 0) is 0 Å². The molecular weight excluding hydrogens is 204 g/mol. The molecule has 1 aromatic heterocycles. The molecule has 0 bridgehead atoms. The van der Waals surface area contributed by atoms with Crippen molar-refractivity contribution in [3.63, 3.8) is 0 Å². The Kier molecular flexibility index (Phi) is 2.81. The van der Waals surface area contributed by atoms with Crippen molar-refractivity contribution in [1.29, 1.82) is 0 Å². The van der Waals surface area contributed by atoms with E-state index in [1.807, 2.05) is 0 Å². The van der Waals surface area contributed by atoms with Crippen LogP contribution >= 0.6 is 0 Å². The van der Waals surface area contributed by atoms with Gasteiger partial charge in [-0.3, -0.25) is 4.98 Å². The molecule has 2 rings (SSSR count). The van der Waals surface area contributed by atoms with Crippen LogP contribution in [0.15, 0.2) is 18.5 Å². The lowest BCUT2D eigenvalue weighted by Crippen LogP contribution is -2.49. The lowest BCUT2D eigenvalue weighted by Gasteiger charge is -2.43. The molecule has 0 amide bonds. The van der Waals surface area contributed by atoms with E-state index in [2.05, 4.69) is 23.7 Å². The summed E-state index contributed by atoms with van der Waals surface area (Å²) >= 11 is 0. The number of carbonyl (C=O) groups is 1. The standard InChI is InChI=1S/C12H16N2O2/c1-8(2)10-6-14(7-10)11-3-9(12(15)16)4-13-5-11/h3-5,8,10H,6-7H2,1-2H3,(H,15,16). The van der Waals surface area contributed by atoms with Gasteiger partial charge in [-0.25, -0.2) is 4.79 Å². The summed E-state index contributed by atoms with van der Waals surface area (Å²) in [5, 5.41) is 8.86. The van der Waals surface area contributed by atoms with E-state index >= 15 is 0 Å². The largest absolute Gasteiger partial charge is 0.478 e. The minimum Gasteiger partial charge on any atom is -0.478 e. The van der Waals surface area contributed by atoms with Crippen LogP contribution in [0, 0.1) is 11.8 Å². The van der Waals surface area contributed by atoms with Gasteiger partial charge in [-0.2, -0.15) is 0 Å². The van der Waals surface area contributed by atoms with Crippen LogP contribution in [0.2, 0.25) is 0 Å². The van der Waals surface area contributed by atoms with Crippen LogP contribution in [0.5, 0.6) is 0 Å². The van der Waals surface area contributed by atoms with Crippen LogP contribution in [0.1, 0.15) is 24.2 Å². The average Bonchev–Trinajstić information content (AvgIpc) is 2.15. The molecule has 1 fully saturated rings. The molecule has 86 valence electrons. The molecular formula is C12H16N2O2. The summed E-state index contributed by atoms with van der Waals surface area (Å²) in [5.41, 5.74) is 1.17. The topological polar surface area (TPSA) is 53.4 Å². The molecule has 0 unspecified atom stereocenters. The van der Waals surface area contributed by atoms with Crippen molar-refractivity contribution in [3.8, 4) is 0 Å². The zero-order valence-corrected chi connectivity index (χ0v) is 9.55. The summed E-state index contributed by atoms with van der Waals surface area (Å²) in [4.78, 5) is 16.9. The van der Waals surface area contributed by atoms with Crippen molar-refractivity contribution in [2.45, 2.75) is 13.8 Å². The molecule has 4 heteroatoms. The van der Waals surface area contributed by atoms with E-state index in [1.165, 1.54) is 6.20 Å². The first-order valence-corrected chi connectivity index (χ1v) is 5.51. The molecule has 0 atom stereocenters. The molecule has 0 radical (unpaired) electrons. The fourth-order valence-corrected chi connectivity index (χ4v) is 1.86. The number of carboxylic acids is 1. The van der Waals surface area contributed by atoms with Crippen LogP contribution in [0.25, 0.3) is 0 Å². The molecule has 0 aliphatic carbocycles. The van der Waals surface area contributed by atoms with Gasteiger partial charge in [-0.15, -0.1) is 0 Å². The number of hydrogen-bond acceptors (Lipinski definition) is 3. The zero-order chi connectivity index (χ0) is 11.7. The maximum atomic E-state index is 10.8. The van der Waals surface area contributed by atoms with Crippen molar-refractivity contribution in [3.05, 3.63) is 24.0 Å². The lowest BCUT2D eigenvalue weighted by atomic mass is 9.88. The Morgan fingerprint density at radius 3 is 2.75 bits per heavy atom. The summed E-state index contributed by atoms with van der Waals surface area (Å²) in [5.74, 6) is 0.482. The molecule has 4 nitrogen and oxygen atoms in total. The summed E-state index contributed by atoms with van der Waals surface area (Å²) in [6.45, 7) is 6.44. The summed E-state index contributed by atoms with van der Waals surface area (Å²) < 4.78 is 0. The van der Waals surface area contributed by atoms with Crippen molar-refractivity contribution >= 4 is 11.7 Å². The second-order valence-electron chi connectivity index (χ2n) is 4.65. The van der Waals surface area contributed by atoms with Gasteiger partial charge in [0.2, 0.25) is 0 Å². The summed E-state index contributed by atoms with van der Waals surface area (Å²) in [6, 6.07) is 1.69. The quantitative estimate of drug-likeness (QED) is 0.845. The predicted molar refractivity (Wildman–Crippen MR) is 61.7 cm³/mol. The highest BCUT2D eigenvalue weighted by Crippen LogP contribution is 2.28. The van der Waals surface area contributed by atoms with E-state index in [1.54, 1.807) is 12.3 Å². The number of pyridine rings is 1. The first-order chi connectivity index (χ1) is 7.58. The van der Waals surface area contributed by atoms with Crippen LogP contribution in [-0.4, -0.2) is 29.1 Å². The number of aromatic nitrogens is 1. The highest BCUT2D eigenvalue weighted by molar-refractivity contribution is 5.88. The molecule has 0 saturated carbocycles. The SMILES string of the molecule is CC(C)C1CN(c2cncc(C(=O)O)c2)C1. The maximum Gasteiger partial charge on any atom is 0.337 e. The Bertz CT molecular complexity index is 398. The molecule has 1 aliphatic heterocycles. The van der Waals surface area contributed by atoms with Gasteiger partial charge in [-0.05, 0) is 17.9 Å². The second-order valence-corrected chi connectivity index (χ2v) is 4.65. The van der Waals surface area contributed by atoms with Gasteiger partial charge >= 0.3 is 5.97 Å². The normalized spacial score (nSPS) is 16.3. The highest BCUT2D eigenvalue weighted by Gasteiger charge is 2.29. The molecule has 1 aliphatic rings. The molecule has 1 N–H and O–H groups in total. The Morgan fingerprint density at radius 2 is 2.19 bits per heavy atom. The number of carboxylic acid groups (broad SMARTS) is 1. The van der Waals surface area contributed by atoms with Crippen LogP contribution in [0.4, 0.5) is 5.69 Å². The van der Waals surface area contributed by atoms with Crippen molar-refractivity contribution in [1.82, 2.24) is 4.98 Å². The number of nitrogens with zero attached hydrogens (tertiary/aromatic N) is 2. The number of anilines is 1. The zero-order valence-electron chi connectivity index (χ0n) is 9.55. The Balaban J connectivity index is 2.06. The first-order valence-electron chi connectivity index (χ1n) is 5.51. The Hall–Kier alpha value is -1.58. The van der Waals surface area contributed by atoms with Crippen LogP contribution < -0.4 is 4.90 Å². The number of aromatic carboxylic acids is 1. The van der Waals surface area contributed by atoms with E-state index in [9.17, 15) is 4.79 Å². The summed E-state index contributed by atoms with van der Waals surface area (Å²) in [7, 11) is 0. The fourth-order valence-electron chi connectivity index (χ4n) is 1.86. The smallest absolute Gasteiger partial charge is 0.337 e. The third-order valence-corrected chi connectivity index (χ3v) is 3.19. The molecule has 0 spiro atoms. The minimum absolute atomic E-state index is 0.255. The summed E-state index contributed by atoms with van der Waals surface area (Å²) in [6.07, 6.45) is 3.11. The van der Waals surface area contributed by atoms with E-state index < -0.39 is 5.97 Å². The lowest BCUT2D eigenvalue weighted by molar-refractivity contribution is 0.0696. The van der Waals surface area contributed by atoms with Crippen molar-refractivity contribution in [2.24, 2.45) is 11.8 Å². The number of rotatable bonds is 3. The monoisotopic (exact) mass is 220 g/mol. The predicted octanol–water partition coefficient (Wildman–Crippen LogP) is 1.87. The Morgan fingerprint density at radius 1 is 1.50 bits per heavy atom. The molecule has 1 aromatic rings. The second kappa shape index (κ2) is 4.12. The minimum atomic E-state index is -0.921. The highest BCUT2D eigenvalue weighted by atomic mass is 16.4. The van der Waals surface area contributed by atoms with Crippen molar-refractivity contribution in [2.75, 3.05) is 18.0 Å². The molecule has 16 heavy (non-hydrogen) atoms. The fraction of sp³-hybridized carbons (Fsp3) is 0.500. The van der Waals surface area contributed by atoms with Gasteiger partial charge in [0, 0.05) is 19.3 Å². The van der Waals surface area contributed by atoms with Gasteiger partial charge in [0.05, 0.1) is 17.4 Å². The van der Waals surface area contributed by atoms with Crippen LogP contribution in [0.3, 0.4) is 0 Å². The first kappa shape index (κ1) is 10.9. The van der Waals surface area contributed by atoms with Gasteiger partial charge < -0.3 is 10.0 Å². The van der Waals surface area contributed by atoms with Gasteiger partial charge in [0.1, 0.15) is 0 Å². The van der Waals surface area contributed by atoms with E-state index in [0.717, 1.165) is 18.8 Å². The van der Waals surface area contributed by atoms with E-state index in [0.29, 0.717) is 11.8 Å². The van der Waals surface area contributed by atoms with Gasteiger partial charge in [-0.1, -0.05) is 13.8 Å². The molecule has 1 saturated heterocycles. The molecule has 0 aromatic carbocycles. The van der Waals surface area contributed by atoms with Gasteiger partial charge in [0.25, 0.3) is 0 Å². The average molecular weight is 220 g/mol. The molecule has 2 heterocycles. The van der Waals surface area contributed by atoms with Gasteiger partial charge in [0.15, 0.2) is 0 Å². The maximum absolute atomic E-state index is 10.8.